The summed E-state index contributed by atoms with van der Waals surface area (Å²) in [7, 11) is 1.77. The highest BCUT2D eigenvalue weighted by molar-refractivity contribution is 5.89. The molecule has 5 heteroatoms. The minimum Gasteiger partial charge on any atom is -0.378 e. The quantitative estimate of drug-likeness (QED) is 0.826. The number of benzene rings is 1. The van der Waals surface area contributed by atoms with Gasteiger partial charge in [-0.2, -0.15) is 0 Å². The lowest BCUT2D eigenvalue weighted by molar-refractivity contribution is -0.138. The molecule has 2 fully saturated rings. The Morgan fingerprint density at radius 1 is 1.21 bits per heavy atom. The molecule has 3 rings (SSSR count). The second-order valence-electron chi connectivity index (χ2n) is 6.81. The average molecular weight is 330 g/mol. The van der Waals surface area contributed by atoms with Gasteiger partial charge in [0.2, 0.25) is 11.8 Å². The van der Waals surface area contributed by atoms with Crippen molar-refractivity contribution in [3.05, 3.63) is 35.9 Å². The van der Waals surface area contributed by atoms with Gasteiger partial charge >= 0.3 is 0 Å². The van der Waals surface area contributed by atoms with Gasteiger partial charge in [0.05, 0.1) is 18.6 Å². The highest BCUT2D eigenvalue weighted by Crippen LogP contribution is 2.22. The van der Waals surface area contributed by atoms with Crippen LogP contribution in [0.5, 0.6) is 0 Å². The molecule has 2 heterocycles. The van der Waals surface area contributed by atoms with Gasteiger partial charge in [0, 0.05) is 33.1 Å². The topological polar surface area (TPSA) is 49.9 Å². The van der Waals surface area contributed by atoms with Crippen molar-refractivity contribution < 1.29 is 14.3 Å². The maximum atomic E-state index is 12.5. The summed E-state index contributed by atoms with van der Waals surface area (Å²) in [5, 5.41) is 0. The Hall–Kier alpha value is -1.88. The van der Waals surface area contributed by atoms with Gasteiger partial charge in [-0.15, -0.1) is 0 Å². The number of carbonyl (C=O) groups excluding carboxylic acids is 2. The van der Waals surface area contributed by atoms with Crippen molar-refractivity contribution in [2.45, 2.75) is 31.8 Å². The Bertz CT molecular complexity index is 567. The van der Waals surface area contributed by atoms with Crippen LogP contribution in [-0.2, 0) is 20.7 Å². The molecule has 0 radical (unpaired) electrons. The minimum absolute atomic E-state index is 0.0764. The van der Waals surface area contributed by atoms with Gasteiger partial charge in [0.15, 0.2) is 0 Å². The zero-order chi connectivity index (χ0) is 16.9. The Balaban J connectivity index is 1.38. The summed E-state index contributed by atoms with van der Waals surface area (Å²) in [5.41, 5.74) is 1.29. The lowest BCUT2D eigenvalue weighted by Crippen LogP contribution is -2.44. The van der Waals surface area contributed by atoms with Crippen LogP contribution in [0.15, 0.2) is 30.3 Å². The molecule has 0 aliphatic carbocycles. The van der Waals surface area contributed by atoms with Gasteiger partial charge in [0.25, 0.3) is 0 Å². The molecule has 0 spiro atoms. The molecule has 0 unspecified atom stereocenters. The minimum atomic E-state index is -0.155. The molecule has 1 aromatic rings. The molecule has 0 saturated carbocycles. The van der Waals surface area contributed by atoms with Gasteiger partial charge < -0.3 is 14.5 Å². The molecule has 1 atom stereocenters. The van der Waals surface area contributed by atoms with Gasteiger partial charge in [-0.05, 0) is 24.8 Å². The standard InChI is InChI=1S/C19H26N2O3/c1-20-14-16(13-18(20)22)19(23)21-10-7-17(8-11-21)24-12-9-15-5-3-2-4-6-15/h2-6,16-17H,7-14H2,1H3/t16-/m0/s1. The van der Waals surface area contributed by atoms with E-state index >= 15 is 0 Å². The SMILES string of the molecule is CN1C[C@@H](C(=O)N2CCC(OCCc3ccccc3)CC2)CC1=O. The molecule has 5 nitrogen and oxygen atoms in total. The zero-order valence-electron chi connectivity index (χ0n) is 14.3. The van der Waals surface area contributed by atoms with E-state index in [0.29, 0.717) is 13.0 Å². The lowest BCUT2D eigenvalue weighted by Gasteiger charge is -2.33. The van der Waals surface area contributed by atoms with Gasteiger partial charge in [-0.25, -0.2) is 0 Å². The monoisotopic (exact) mass is 330 g/mol. The van der Waals surface area contributed by atoms with Crippen LogP contribution in [0.1, 0.15) is 24.8 Å². The molecule has 24 heavy (non-hydrogen) atoms. The first-order chi connectivity index (χ1) is 11.6. The van der Waals surface area contributed by atoms with E-state index in [-0.39, 0.29) is 23.8 Å². The van der Waals surface area contributed by atoms with Crippen LogP contribution in [0.2, 0.25) is 0 Å². The average Bonchev–Trinajstić information content (AvgIpc) is 2.95. The van der Waals surface area contributed by atoms with Crippen molar-refractivity contribution >= 4 is 11.8 Å². The zero-order valence-corrected chi connectivity index (χ0v) is 14.3. The molecule has 0 bridgehead atoms. The van der Waals surface area contributed by atoms with Gasteiger partial charge in [0.1, 0.15) is 0 Å². The maximum absolute atomic E-state index is 12.5. The van der Waals surface area contributed by atoms with E-state index in [0.717, 1.165) is 39.0 Å². The summed E-state index contributed by atoms with van der Waals surface area (Å²) in [6, 6.07) is 10.3. The number of likely N-dealkylation sites (tertiary alicyclic amines) is 2. The summed E-state index contributed by atoms with van der Waals surface area (Å²) in [6.07, 6.45) is 3.30. The molecular formula is C19H26N2O3. The Morgan fingerprint density at radius 2 is 1.92 bits per heavy atom. The summed E-state index contributed by atoms with van der Waals surface area (Å²) in [5.74, 6) is 0.0564. The summed E-state index contributed by atoms with van der Waals surface area (Å²) in [6.45, 7) is 2.77. The summed E-state index contributed by atoms with van der Waals surface area (Å²) in [4.78, 5) is 27.7. The van der Waals surface area contributed by atoms with E-state index in [1.807, 2.05) is 23.1 Å². The third kappa shape index (κ3) is 4.15. The Kier molecular flexibility index (Phi) is 5.51. The maximum Gasteiger partial charge on any atom is 0.227 e. The third-order valence-electron chi connectivity index (χ3n) is 5.03. The van der Waals surface area contributed by atoms with Crippen LogP contribution < -0.4 is 0 Å². The van der Waals surface area contributed by atoms with Crippen LogP contribution in [-0.4, -0.2) is 61.0 Å². The number of ether oxygens (including phenoxy) is 1. The molecule has 2 saturated heterocycles. The van der Waals surface area contributed by atoms with Crippen molar-refractivity contribution in [3.63, 3.8) is 0 Å². The Labute approximate surface area is 143 Å². The fourth-order valence-corrected chi connectivity index (χ4v) is 3.52. The first kappa shape index (κ1) is 17.0. The van der Waals surface area contributed by atoms with Crippen LogP contribution in [0.25, 0.3) is 0 Å². The number of rotatable bonds is 5. The summed E-state index contributed by atoms with van der Waals surface area (Å²) < 4.78 is 5.97. The second-order valence-corrected chi connectivity index (χ2v) is 6.81. The van der Waals surface area contributed by atoms with Crippen LogP contribution >= 0.6 is 0 Å². The number of amides is 2. The first-order valence-electron chi connectivity index (χ1n) is 8.82. The predicted octanol–water partition coefficient (Wildman–Crippen LogP) is 1.71. The number of hydrogen-bond donors (Lipinski definition) is 0. The van der Waals surface area contributed by atoms with Crippen molar-refractivity contribution in [1.82, 2.24) is 9.80 Å². The largest absolute Gasteiger partial charge is 0.378 e. The van der Waals surface area contributed by atoms with E-state index < -0.39 is 0 Å². The van der Waals surface area contributed by atoms with Crippen molar-refractivity contribution in [1.29, 1.82) is 0 Å². The van der Waals surface area contributed by atoms with E-state index in [4.69, 9.17) is 4.74 Å². The molecule has 1 aromatic carbocycles. The van der Waals surface area contributed by atoms with Crippen molar-refractivity contribution in [2.75, 3.05) is 33.3 Å². The van der Waals surface area contributed by atoms with Gasteiger partial charge in [-0.3, -0.25) is 9.59 Å². The van der Waals surface area contributed by atoms with E-state index in [1.54, 1.807) is 11.9 Å². The third-order valence-corrected chi connectivity index (χ3v) is 5.03. The smallest absolute Gasteiger partial charge is 0.227 e. The normalized spacial score (nSPS) is 22.2. The second kappa shape index (κ2) is 7.79. The van der Waals surface area contributed by atoms with Gasteiger partial charge in [-0.1, -0.05) is 30.3 Å². The molecular weight excluding hydrogens is 304 g/mol. The molecule has 2 amide bonds. The van der Waals surface area contributed by atoms with Crippen LogP contribution in [0.4, 0.5) is 0 Å². The van der Waals surface area contributed by atoms with Crippen LogP contribution in [0, 0.1) is 5.92 Å². The predicted molar refractivity (Wildman–Crippen MR) is 91.4 cm³/mol. The summed E-state index contributed by atoms with van der Waals surface area (Å²) >= 11 is 0. The highest BCUT2D eigenvalue weighted by Gasteiger charge is 2.35. The molecule has 0 N–H and O–H groups in total. The fraction of sp³-hybridized carbons (Fsp3) is 0.579. The fourth-order valence-electron chi connectivity index (χ4n) is 3.52. The van der Waals surface area contributed by atoms with Crippen molar-refractivity contribution in [2.24, 2.45) is 5.92 Å². The first-order valence-corrected chi connectivity index (χ1v) is 8.82. The van der Waals surface area contributed by atoms with Crippen LogP contribution in [0.3, 0.4) is 0 Å². The lowest BCUT2D eigenvalue weighted by atomic mass is 10.0. The van der Waals surface area contributed by atoms with E-state index in [9.17, 15) is 9.59 Å². The number of piperidine rings is 1. The number of nitrogens with zero attached hydrogens (tertiary/aromatic N) is 2. The van der Waals surface area contributed by atoms with E-state index in [2.05, 4.69) is 12.1 Å². The molecule has 2 aliphatic rings. The Morgan fingerprint density at radius 3 is 2.54 bits per heavy atom. The molecule has 130 valence electrons. The number of carbonyl (C=O) groups is 2. The molecule has 2 aliphatic heterocycles. The van der Waals surface area contributed by atoms with Crippen molar-refractivity contribution in [3.8, 4) is 0 Å². The highest BCUT2D eigenvalue weighted by atomic mass is 16.5. The molecule has 0 aromatic heterocycles. The van der Waals surface area contributed by atoms with E-state index in [1.165, 1.54) is 5.56 Å². The number of hydrogen-bond acceptors (Lipinski definition) is 3.